The molecule has 1 aromatic heterocycles. The third-order valence-corrected chi connectivity index (χ3v) is 2.17. The van der Waals surface area contributed by atoms with E-state index >= 15 is 0 Å². The highest BCUT2D eigenvalue weighted by Gasteiger charge is 2.25. The zero-order valence-electron chi connectivity index (χ0n) is 7.31. The molecule has 3 nitrogen and oxygen atoms in total. The zero-order valence-corrected chi connectivity index (χ0v) is 8.07. The fourth-order valence-electron chi connectivity index (χ4n) is 1.55. The number of nitrogens with zero attached hydrogens (tertiary/aromatic N) is 1. The molecule has 2 heterocycles. The van der Waals surface area contributed by atoms with Crippen LogP contribution in [0.3, 0.4) is 0 Å². The maximum absolute atomic E-state index is 5.35. The largest absolute Gasteiger partial charge is 1.00 e. The highest BCUT2D eigenvalue weighted by Crippen LogP contribution is 2.22. The number of benzene rings is 1. The molecule has 0 bridgehead atoms. The van der Waals surface area contributed by atoms with Crippen molar-refractivity contribution in [3.63, 3.8) is 0 Å². The molecule has 2 aromatic rings. The number of fused-ring (bicyclic) bond motifs is 3. The first-order valence-electron chi connectivity index (χ1n) is 4.15. The van der Waals surface area contributed by atoms with Crippen LogP contribution in [0.1, 0.15) is 0 Å². The molecular formula is C10H8ClNO2. The predicted molar refractivity (Wildman–Crippen MR) is 46.2 cm³/mol. The van der Waals surface area contributed by atoms with Gasteiger partial charge in [-0.25, -0.2) is 4.84 Å². The Bertz CT molecular complexity index is 473. The quantitative estimate of drug-likeness (QED) is 0.465. The van der Waals surface area contributed by atoms with E-state index in [2.05, 4.69) is 6.07 Å². The Balaban J connectivity index is 0.000000750. The second-order valence-corrected chi connectivity index (χ2v) is 2.93. The maximum atomic E-state index is 5.35. The standard InChI is InChI=1S/C10H8NO2.ClH/c1-2-4-9-8(3-1)5-6-11-10(9)12-7-13-11;/h1-6H,7H2;1H/q+1;/p-1. The van der Waals surface area contributed by atoms with Crippen LogP contribution in [-0.4, -0.2) is 6.79 Å². The Hall–Kier alpha value is -1.48. The van der Waals surface area contributed by atoms with Gasteiger partial charge in [-0.15, -0.1) is 0 Å². The summed E-state index contributed by atoms with van der Waals surface area (Å²) in [4.78, 5) is 5.20. The Labute approximate surface area is 87.2 Å². The number of ether oxygens (including phenoxy) is 1. The van der Waals surface area contributed by atoms with Gasteiger partial charge >= 0.3 is 12.7 Å². The molecule has 0 amide bonds. The van der Waals surface area contributed by atoms with Crippen molar-refractivity contribution in [3.05, 3.63) is 36.5 Å². The molecule has 1 aliphatic heterocycles. The molecule has 3 rings (SSSR count). The molecule has 0 saturated carbocycles. The van der Waals surface area contributed by atoms with Crippen molar-refractivity contribution in [1.29, 1.82) is 0 Å². The van der Waals surface area contributed by atoms with E-state index < -0.39 is 0 Å². The van der Waals surface area contributed by atoms with Crippen LogP contribution in [0.25, 0.3) is 10.8 Å². The summed E-state index contributed by atoms with van der Waals surface area (Å²) in [6, 6.07) is 10.1. The van der Waals surface area contributed by atoms with Crippen LogP contribution in [0.2, 0.25) is 0 Å². The second-order valence-electron chi connectivity index (χ2n) is 2.93. The minimum atomic E-state index is 0. The Morgan fingerprint density at radius 2 is 2.00 bits per heavy atom. The van der Waals surface area contributed by atoms with E-state index in [1.807, 2.05) is 30.5 Å². The van der Waals surface area contributed by atoms with E-state index in [1.54, 1.807) is 4.73 Å². The van der Waals surface area contributed by atoms with Gasteiger partial charge in [-0.1, -0.05) is 18.2 Å². The molecule has 0 fully saturated rings. The fraction of sp³-hybridized carbons (Fsp3) is 0.100. The van der Waals surface area contributed by atoms with Crippen LogP contribution in [0.15, 0.2) is 36.5 Å². The van der Waals surface area contributed by atoms with Gasteiger partial charge in [0.1, 0.15) is 0 Å². The van der Waals surface area contributed by atoms with Crippen molar-refractivity contribution in [2.24, 2.45) is 0 Å². The van der Waals surface area contributed by atoms with E-state index in [-0.39, 0.29) is 12.4 Å². The summed E-state index contributed by atoms with van der Waals surface area (Å²) in [7, 11) is 0. The van der Waals surface area contributed by atoms with Gasteiger partial charge in [-0.2, -0.15) is 0 Å². The number of halogens is 1. The summed E-state index contributed by atoms with van der Waals surface area (Å²) in [5, 5.41) is 2.25. The number of aromatic nitrogens is 1. The van der Waals surface area contributed by atoms with Crippen molar-refractivity contribution in [2.75, 3.05) is 6.79 Å². The number of pyridine rings is 1. The van der Waals surface area contributed by atoms with Crippen molar-refractivity contribution in [1.82, 2.24) is 0 Å². The topological polar surface area (TPSA) is 22.3 Å². The predicted octanol–water partition coefficient (Wildman–Crippen LogP) is -2.09. The molecule has 0 atom stereocenters. The lowest BCUT2D eigenvalue weighted by atomic mass is 10.2. The lowest BCUT2D eigenvalue weighted by Crippen LogP contribution is -3.00. The molecule has 0 spiro atoms. The minimum absolute atomic E-state index is 0. The summed E-state index contributed by atoms with van der Waals surface area (Å²) in [5.74, 6) is 0.790. The Kier molecular flexibility index (Phi) is 2.17. The molecule has 1 aliphatic rings. The van der Waals surface area contributed by atoms with E-state index in [4.69, 9.17) is 9.57 Å². The maximum Gasteiger partial charge on any atom is 0.428 e. The van der Waals surface area contributed by atoms with E-state index in [0.29, 0.717) is 6.79 Å². The average Bonchev–Trinajstić information content (AvgIpc) is 2.65. The summed E-state index contributed by atoms with van der Waals surface area (Å²) < 4.78 is 7.01. The summed E-state index contributed by atoms with van der Waals surface area (Å²) in [5.41, 5.74) is 0. The average molecular weight is 210 g/mol. The molecule has 0 aliphatic carbocycles. The van der Waals surface area contributed by atoms with Gasteiger partial charge in [0.25, 0.3) is 0 Å². The molecule has 14 heavy (non-hydrogen) atoms. The molecule has 4 heteroatoms. The van der Waals surface area contributed by atoms with E-state index in [9.17, 15) is 0 Å². The highest BCUT2D eigenvalue weighted by molar-refractivity contribution is 5.85. The van der Waals surface area contributed by atoms with Gasteiger partial charge in [0.15, 0.2) is 0 Å². The first kappa shape index (κ1) is 9.09. The first-order chi connectivity index (χ1) is 6.45. The van der Waals surface area contributed by atoms with Gasteiger partial charge in [0.2, 0.25) is 6.20 Å². The summed E-state index contributed by atoms with van der Waals surface area (Å²) >= 11 is 0. The van der Waals surface area contributed by atoms with Crippen molar-refractivity contribution >= 4 is 10.8 Å². The molecule has 1 aromatic carbocycles. The zero-order chi connectivity index (χ0) is 8.67. The Morgan fingerprint density at radius 1 is 1.14 bits per heavy atom. The van der Waals surface area contributed by atoms with Gasteiger partial charge in [-0.3, -0.25) is 0 Å². The van der Waals surface area contributed by atoms with Crippen LogP contribution < -0.4 is 26.7 Å². The SMILES string of the molecule is [Cl-].c1ccc2c3[n+](ccc2c1)OCO3. The van der Waals surface area contributed by atoms with Crippen LogP contribution in [0.5, 0.6) is 5.88 Å². The third-order valence-electron chi connectivity index (χ3n) is 2.17. The van der Waals surface area contributed by atoms with Gasteiger partial charge in [0, 0.05) is 6.07 Å². The molecule has 0 saturated heterocycles. The van der Waals surface area contributed by atoms with Gasteiger partial charge in [0.05, 0.1) is 10.1 Å². The second kappa shape index (κ2) is 3.35. The number of hydrogen-bond donors (Lipinski definition) is 0. The number of hydrogen-bond acceptors (Lipinski definition) is 2. The molecular weight excluding hydrogens is 202 g/mol. The minimum Gasteiger partial charge on any atom is -1.00 e. The molecule has 0 unspecified atom stereocenters. The fourth-order valence-corrected chi connectivity index (χ4v) is 1.55. The van der Waals surface area contributed by atoms with E-state index in [1.165, 1.54) is 5.39 Å². The van der Waals surface area contributed by atoms with Gasteiger partial charge < -0.3 is 17.1 Å². The Morgan fingerprint density at radius 3 is 2.93 bits per heavy atom. The normalized spacial score (nSPS) is 12.6. The summed E-state index contributed by atoms with van der Waals surface area (Å²) in [6.45, 7) is 0.300. The lowest BCUT2D eigenvalue weighted by molar-refractivity contribution is -0.872. The van der Waals surface area contributed by atoms with Crippen LogP contribution >= 0.6 is 0 Å². The van der Waals surface area contributed by atoms with Crippen molar-refractivity contribution in [3.8, 4) is 5.88 Å². The third kappa shape index (κ3) is 1.17. The van der Waals surface area contributed by atoms with Gasteiger partial charge in [-0.05, 0) is 11.5 Å². The molecule has 72 valence electrons. The lowest BCUT2D eigenvalue weighted by Gasteiger charge is -1.93. The summed E-state index contributed by atoms with van der Waals surface area (Å²) in [6.07, 6.45) is 1.87. The van der Waals surface area contributed by atoms with Crippen molar-refractivity contribution in [2.45, 2.75) is 0 Å². The first-order valence-corrected chi connectivity index (χ1v) is 4.15. The van der Waals surface area contributed by atoms with Crippen molar-refractivity contribution < 1.29 is 26.7 Å². The number of rotatable bonds is 0. The highest BCUT2D eigenvalue weighted by atomic mass is 35.5. The molecule has 0 radical (unpaired) electrons. The van der Waals surface area contributed by atoms with Crippen LogP contribution in [-0.2, 0) is 0 Å². The molecule has 0 N–H and O–H groups in total. The smallest absolute Gasteiger partial charge is 0.428 e. The monoisotopic (exact) mass is 209 g/mol. The van der Waals surface area contributed by atoms with Crippen LogP contribution in [0.4, 0.5) is 0 Å². The van der Waals surface area contributed by atoms with Crippen LogP contribution in [0, 0.1) is 0 Å². The van der Waals surface area contributed by atoms with E-state index in [0.717, 1.165) is 11.3 Å².